The number of nitrogens with one attached hydrogen (secondary N) is 2. The summed E-state index contributed by atoms with van der Waals surface area (Å²) < 4.78 is 0. The topological polar surface area (TPSA) is 104 Å². The second-order valence-electron chi connectivity index (χ2n) is 7.65. The van der Waals surface area contributed by atoms with Crippen molar-refractivity contribution in [1.82, 2.24) is 9.97 Å². The first-order chi connectivity index (χ1) is 16.6. The first kappa shape index (κ1) is 21.0. The van der Waals surface area contributed by atoms with Crippen molar-refractivity contribution in [3.63, 3.8) is 0 Å². The highest BCUT2D eigenvalue weighted by atomic mass is 16.2. The monoisotopic (exact) mass is 449 g/mol. The van der Waals surface area contributed by atoms with Gasteiger partial charge in [-0.15, -0.1) is 0 Å². The van der Waals surface area contributed by atoms with E-state index in [-0.39, 0.29) is 24.3 Å². The number of aromatic nitrogens is 2. The molecule has 3 amide bonds. The van der Waals surface area contributed by atoms with Crippen LogP contribution in [-0.2, 0) is 4.79 Å². The van der Waals surface area contributed by atoms with E-state index < -0.39 is 0 Å². The Labute approximate surface area is 195 Å². The van der Waals surface area contributed by atoms with Crippen molar-refractivity contribution in [3.8, 4) is 11.4 Å². The van der Waals surface area contributed by atoms with Gasteiger partial charge in [0.1, 0.15) is 6.54 Å². The maximum Gasteiger partial charge on any atom is 0.258 e. The van der Waals surface area contributed by atoms with Crippen molar-refractivity contribution in [2.45, 2.75) is 0 Å². The average Bonchev–Trinajstić information content (AvgIpc) is 2.89. The van der Waals surface area contributed by atoms with Gasteiger partial charge in [0.2, 0.25) is 5.91 Å². The van der Waals surface area contributed by atoms with E-state index in [9.17, 15) is 14.4 Å². The lowest BCUT2D eigenvalue weighted by Gasteiger charge is -2.29. The van der Waals surface area contributed by atoms with E-state index in [4.69, 9.17) is 0 Å². The second-order valence-corrected chi connectivity index (χ2v) is 7.65. The van der Waals surface area contributed by atoms with Gasteiger partial charge in [-0.2, -0.15) is 0 Å². The summed E-state index contributed by atoms with van der Waals surface area (Å²) in [6.07, 6.45) is 2.95. The Morgan fingerprint density at radius 1 is 0.824 bits per heavy atom. The molecule has 0 saturated heterocycles. The molecule has 1 aliphatic heterocycles. The molecule has 0 aliphatic carbocycles. The summed E-state index contributed by atoms with van der Waals surface area (Å²) in [6, 6.07) is 23.1. The Morgan fingerprint density at radius 3 is 2.24 bits per heavy atom. The lowest BCUT2D eigenvalue weighted by atomic mass is 10.1. The fourth-order valence-corrected chi connectivity index (χ4v) is 3.65. The van der Waals surface area contributed by atoms with E-state index in [1.807, 2.05) is 36.4 Å². The molecule has 8 heteroatoms. The first-order valence-electron chi connectivity index (χ1n) is 10.6. The number of fused-ring (bicyclic) bond motifs is 1. The van der Waals surface area contributed by atoms with Crippen LogP contribution >= 0.6 is 0 Å². The zero-order valence-corrected chi connectivity index (χ0v) is 17.9. The summed E-state index contributed by atoms with van der Waals surface area (Å²) in [5.74, 6) is -0.380. The Morgan fingerprint density at radius 2 is 1.50 bits per heavy atom. The molecule has 1 aromatic heterocycles. The molecule has 0 unspecified atom stereocenters. The number of carbonyl (C=O) groups is 3. The minimum atomic E-state index is -0.361. The third-order valence-electron chi connectivity index (χ3n) is 5.35. The van der Waals surface area contributed by atoms with E-state index >= 15 is 0 Å². The largest absolute Gasteiger partial charge is 0.323 e. The smallest absolute Gasteiger partial charge is 0.258 e. The highest BCUT2D eigenvalue weighted by Gasteiger charge is 2.27. The molecular formula is C26H19N5O3. The number of amides is 3. The second kappa shape index (κ2) is 8.95. The molecule has 34 heavy (non-hydrogen) atoms. The summed E-state index contributed by atoms with van der Waals surface area (Å²) in [4.78, 5) is 47.6. The minimum Gasteiger partial charge on any atom is -0.323 e. The van der Waals surface area contributed by atoms with E-state index in [1.165, 1.54) is 17.3 Å². The van der Waals surface area contributed by atoms with Crippen LogP contribution in [0, 0.1) is 0 Å². The predicted octanol–water partition coefficient (Wildman–Crippen LogP) is 3.99. The van der Waals surface area contributed by atoms with Gasteiger partial charge in [-0.1, -0.05) is 42.5 Å². The molecule has 166 valence electrons. The van der Waals surface area contributed by atoms with E-state index in [2.05, 4.69) is 20.6 Å². The molecule has 3 aromatic carbocycles. The molecule has 0 saturated carbocycles. The molecule has 1 aliphatic rings. The van der Waals surface area contributed by atoms with Gasteiger partial charge in [-0.3, -0.25) is 19.3 Å². The molecule has 0 fully saturated rings. The number of benzene rings is 3. The van der Waals surface area contributed by atoms with Gasteiger partial charge >= 0.3 is 0 Å². The summed E-state index contributed by atoms with van der Waals surface area (Å²) in [7, 11) is 0. The number of hydrogen-bond acceptors (Lipinski definition) is 5. The third-order valence-corrected chi connectivity index (χ3v) is 5.35. The van der Waals surface area contributed by atoms with Crippen LogP contribution in [0.4, 0.5) is 17.1 Å². The van der Waals surface area contributed by atoms with Crippen molar-refractivity contribution in [3.05, 3.63) is 102 Å². The summed E-state index contributed by atoms with van der Waals surface area (Å²) in [6.45, 7) is -0.0622. The van der Waals surface area contributed by atoms with E-state index in [1.54, 1.807) is 42.5 Å². The molecule has 2 N–H and O–H groups in total. The van der Waals surface area contributed by atoms with Crippen LogP contribution in [0.25, 0.3) is 11.4 Å². The Kier molecular flexibility index (Phi) is 5.53. The van der Waals surface area contributed by atoms with Gasteiger partial charge in [0, 0.05) is 29.2 Å². The number of anilines is 3. The van der Waals surface area contributed by atoms with Gasteiger partial charge in [0.25, 0.3) is 11.8 Å². The maximum atomic E-state index is 13.1. The maximum absolute atomic E-state index is 13.1. The zero-order valence-electron chi connectivity index (χ0n) is 17.9. The molecular weight excluding hydrogens is 430 g/mol. The highest BCUT2D eigenvalue weighted by molar-refractivity contribution is 6.15. The fraction of sp³-hybridized carbons (Fsp3) is 0.0385. The van der Waals surface area contributed by atoms with Gasteiger partial charge in [0.05, 0.1) is 16.9 Å². The molecule has 0 spiro atoms. The van der Waals surface area contributed by atoms with Crippen LogP contribution in [0.15, 0.2) is 91.3 Å². The molecule has 5 rings (SSSR count). The lowest BCUT2D eigenvalue weighted by molar-refractivity contribution is -0.115. The van der Waals surface area contributed by atoms with Crippen LogP contribution in [0.2, 0.25) is 0 Å². The average molecular weight is 449 g/mol. The molecule has 0 bridgehead atoms. The van der Waals surface area contributed by atoms with Gasteiger partial charge in [-0.25, -0.2) is 9.97 Å². The minimum absolute atomic E-state index is 0.0622. The van der Waals surface area contributed by atoms with Crippen LogP contribution < -0.4 is 15.5 Å². The van der Waals surface area contributed by atoms with Gasteiger partial charge in [0.15, 0.2) is 5.82 Å². The zero-order chi connectivity index (χ0) is 23.5. The van der Waals surface area contributed by atoms with Crippen molar-refractivity contribution in [2.75, 3.05) is 22.1 Å². The van der Waals surface area contributed by atoms with Gasteiger partial charge < -0.3 is 10.6 Å². The number of para-hydroxylation sites is 2. The fourth-order valence-electron chi connectivity index (χ4n) is 3.65. The van der Waals surface area contributed by atoms with Crippen LogP contribution in [0.5, 0.6) is 0 Å². The van der Waals surface area contributed by atoms with E-state index in [0.717, 1.165) is 5.56 Å². The van der Waals surface area contributed by atoms with E-state index in [0.29, 0.717) is 34.0 Å². The summed E-state index contributed by atoms with van der Waals surface area (Å²) in [5, 5.41) is 5.54. The van der Waals surface area contributed by atoms with Crippen LogP contribution in [0.3, 0.4) is 0 Å². The highest BCUT2D eigenvalue weighted by Crippen LogP contribution is 2.30. The third kappa shape index (κ3) is 4.24. The Balaban J connectivity index is 1.28. The van der Waals surface area contributed by atoms with Crippen molar-refractivity contribution in [2.24, 2.45) is 0 Å². The SMILES string of the molecule is O=C1CN(C(=O)c2ccc(NC(=O)c3cnc(-c4ccccc4)nc3)cc2)c2ccccc2N1. The van der Waals surface area contributed by atoms with Crippen molar-refractivity contribution < 1.29 is 14.4 Å². The van der Waals surface area contributed by atoms with Crippen molar-refractivity contribution in [1.29, 1.82) is 0 Å². The quantitative estimate of drug-likeness (QED) is 0.490. The van der Waals surface area contributed by atoms with Crippen LogP contribution in [0.1, 0.15) is 20.7 Å². The molecule has 4 aromatic rings. The standard InChI is InChI=1S/C26H19N5O3/c32-23-16-31(22-9-5-4-8-21(22)30-23)26(34)18-10-12-20(13-11-18)29-25(33)19-14-27-24(28-15-19)17-6-2-1-3-7-17/h1-15H,16H2,(H,29,33)(H,30,32). The molecule has 8 nitrogen and oxygen atoms in total. The van der Waals surface area contributed by atoms with Crippen molar-refractivity contribution >= 4 is 34.8 Å². The molecule has 0 radical (unpaired) electrons. The molecule has 0 atom stereocenters. The Hall–Kier alpha value is -4.85. The molecule has 2 heterocycles. The number of carbonyl (C=O) groups excluding carboxylic acids is 3. The normalized spacial score (nSPS) is 12.5. The summed E-state index contributed by atoms with van der Waals surface area (Å²) >= 11 is 0. The Bertz CT molecular complexity index is 1370. The summed E-state index contributed by atoms with van der Waals surface area (Å²) in [5.41, 5.74) is 3.34. The van der Waals surface area contributed by atoms with Gasteiger partial charge in [-0.05, 0) is 36.4 Å². The number of hydrogen-bond donors (Lipinski definition) is 2. The first-order valence-corrected chi connectivity index (χ1v) is 10.6. The number of nitrogens with zero attached hydrogens (tertiary/aromatic N) is 3. The predicted molar refractivity (Wildman–Crippen MR) is 129 cm³/mol. The lowest BCUT2D eigenvalue weighted by Crippen LogP contribution is -2.42. The number of rotatable bonds is 4. The van der Waals surface area contributed by atoms with Crippen LogP contribution in [-0.4, -0.2) is 34.2 Å².